The Hall–Kier alpha value is 0.150. The number of sulfone groups is 1. The van der Waals surface area contributed by atoms with E-state index in [9.17, 15) is 13.5 Å². The van der Waals surface area contributed by atoms with Crippen LogP contribution in [-0.2, 0) is 9.84 Å². The van der Waals surface area contributed by atoms with Crippen LogP contribution in [0.25, 0.3) is 0 Å². The largest absolute Gasteiger partial charge is 0.385 e. The Morgan fingerprint density at radius 2 is 1.94 bits per heavy atom. The van der Waals surface area contributed by atoms with Crippen LogP contribution in [0, 0.1) is 0 Å². The molecule has 0 unspecified atom stereocenters. The molecule has 0 fully saturated rings. The van der Waals surface area contributed by atoms with Crippen LogP contribution in [0.4, 0.5) is 0 Å². The van der Waals surface area contributed by atoms with Crippen molar-refractivity contribution < 1.29 is 13.5 Å². The molecule has 0 aliphatic heterocycles. The summed E-state index contributed by atoms with van der Waals surface area (Å²) in [5.74, 6) is -0.108. The first-order valence-electron chi connectivity index (χ1n) is 4.66. The summed E-state index contributed by atoms with van der Waals surface area (Å²) in [4.78, 5) is 0. The third-order valence-electron chi connectivity index (χ3n) is 2.23. The minimum absolute atomic E-state index is 0.108. The fraction of sp³-hybridized carbons (Fsp3) is 0.400. The maximum absolute atomic E-state index is 11.7. The first-order valence-corrected chi connectivity index (χ1v) is 7.77. The standard InChI is InChI=1S/C10H12ClIO3S/c1-2-16(14,15)10(11,12)9(13)8-6-4-3-5-7-8/h3-7,9,13H,2H2,1H3/t9-,10+/m0/s1. The molecule has 0 spiro atoms. The molecule has 0 aromatic heterocycles. The third kappa shape index (κ3) is 2.69. The molecule has 3 nitrogen and oxygen atoms in total. The summed E-state index contributed by atoms with van der Waals surface area (Å²) in [6.45, 7) is 1.50. The molecule has 0 radical (unpaired) electrons. The lowest BCUT2D eigenvalue weighted by atomic mass is 10.1. The van der Waals surface area contributed by atoms with Crippen molar-refractivity contribution in [3.63, 3.8) is 0 Å². The van der Waals surface area contributed by atoms with Gasteiger partial charge in [-0.25, -0.2) is 8.42 Å². The fourth-order valence-corrected chi connectivity index (χ4v) is 3.80. The first-order chi connectivity index (χ1) is 7.33. The van der Waals surface area contributed by atoms with Crippen molar-refractivity contribution in [1.29, 1.82) is 0 Å². The Balaban J connectivity index is 3.11. The van der Waals surface area contributed by atoms with Crippen molar-refractivity contribution in [3.05, 3.63) is 35.9 Å². The Kier molecular flexibility index (Phi) is 4.62. The molecule has 1 aromatic carbocycles. The molecule has 0 aliphatic carbocycles. The fourth-order valence-electron chi connectivity index (χ4n) is 1.19. The minimum atomic E-state index is -3.54. The van der Waals surface area contributed by atoms with Crippen molar-refractivity contribution >= 4 is 44.0 Å². The zero-order valence-corrected chi connectivity index (χ0v) is 12.3. The Labute approximate surface area is 114 Å². The number of aliphatic hydroxyl groups is 1. The molecule has 6 heteroatoms. The lowest BCUT2D eigenvalue weighted by Gasteiger charge is -2.25. The highest BCUT2D eigenvalue weighted by Crippen LogP contribution is 2.43. The average molecular weight is 375 g/mol. The SMILES string of the molecule is CCS(=O)(=O)[C@](Cl)(I)[C@@H](O)c1ccccc1. The lowest BCUT2D eigenvalue weighted by Crippen LogP contribution is -2.34. The van der Waals surface area contributed by atoms with Gasteiger partial charge in [0, 0.05) is 0 Å². The molecule has 0 bridgehead atoms. The van der Waals surface area contributed by atoms with Gasteiger partial charge < -0.3 is 5.11 Å². The van der Waals surface area contributed by atoms with Crippen molar-refractivity contribution in [2.45, 2.75) is 15.2 Å². The predicted octanol–water partition coefficient (Wildman–Crippen LogP) is 2.48. The van der Waals surface area contributed by atoms with E-state index in [-0.39, 0.29) is 5.75 Å². The number of aliphatic hydroxyl groups excluding tert-OH is 1. The van der Waals surface area contributed by atoms with E-state index in [0.717, 1.165) is 0 Å². The quantitative estimate of drug-likeness (QED) is 0.651. The zero-order valence-electron chi connectivity index (χ0n) is 8.60. The van der Waals surface area contributed by atoms with E-state index in [1.807, 2.05) is 0 Å². The summed E-state index contributed by atoms with van der Waals surface area (Å²) in [5, 5.41) is 10.00. The van der Waals surface area contributed by atoms with Gasteiger partial charge in [0.2, 0.25) is 2.21 Å². The van der Waals surface area contributed by atoms with Crippen LogP contribution < -0.4 is 0 Å². The van der Waals surface area contributed by atoms with Gasteiger partial charge in [-0.15, -0.1) is 0 Å². The predicted molar refractivity (Wildman–Crippen MR) is 73.5 cm³/mol. The summed E-state index contributed by atoms with van der Waals surface area (Å²) >= 11 is 7.54. The second-order valence-corrected chi connectivity index (χ2v) is 9.62. The van der Waals surface area contributed by atoms with Crippen molar-refractivity contribution in [3.8, 4) is 0 Å². The minimum Gasteiger partial charge on any atom is -0.385 e. The molecule has 2 atom stereocenters. The highest BCUT2D eigenvalue weighted by Gasteiger charge is 2.45. The van der Waals surface area contributed by atoms with Gasteiger partial charge in [-0.2, -0.15) is 0 Å². The van der Waals surface area contributed by atoms with E-state index in [0.29, 0.717) is 5.56 Å². The summed E-state index contributed by atoms with van der Waals surface area (Å²) in [5.41, 5.74) is 0.490. The van der Waals surface area contributed by atoms with Crippen LogP contribution in [0.2, 0.25) is 0 Å². The van der Waals surface area contributed by atoms with Crippen LogP contribution in [-0.4, -0.2) is 21.5 Å². The topological polar surface area (TPSA) is 54.4 Å². The molecule has 1 rings (SSSR count). The normalized spacial score (nSPS) is 17.8. The molecule has 90 valence electrons. The average Bonchev–Trinajstić information content (AvgIpc) is 2.29. The number of alkyl halides is 2. The molecule has 0 saturated carbocycles. The van der Waals surface area contributed by atoms with Gasteiger partial charge in [0.1, 0.15) is 6.10 Å². The van der Waals surface area contributed by atoms with Crippen LogP contribution in [0.5, 0.6) is 0 Å². The van der Waals surface area contributed by atoms with E-state index >= 15 is 0 Å². The third-order valence-corrected chi connectivity index (χ3v) is 7.56. The zero-order chi connectivity index (χ0) is 12.4. The molecule has 16 heavy (non-hydrogen) atoms. The monoisotopic (exact) mass is 374 g/mol. The molecular formula is C10H12ClIO3S. The van der Waals surface area contributed by atoms with Gasteiger partial charge in [0.15, 0.2) is 9.84 Å². The van der Waals surface area contributed by atoms with Crippen molar-refractivity contribution in [2.24, 2.45) is 0 Å². The second-order valence-electron chi connectivity index (χ2n) is 3.28. The van der Waals surface area contributed by atoms with Gasteiger partial charge in [0.25, 0.3) is 0 Å². The molecule has 0 saturated heterocycles. The van der Waals surface area contributed by atoms with Gasteiger partial charge in [0.05, 0.1) is 5.75 Å². The Morgan fingerprint density at radius 3 is 2.38 bits per heavy atom. The van der Waals surface area contributed by atoms with Gasteiger partial charge in [-0.1, -0.05) is 48.9 Å². The van der Waals surface area contributed by atoms with Gasteiger partial charge in [-0.05, 0) is 28.2 Å². The Morgan fingerprint density at radius 1 is 1.44 bits per heavy atom. The summed E-state index contributed by atoms with van der Waals surface area (Å²) < 4.78 is 21.8. The van der Waals surface area contributed by atoms with E-state index in [4.69, 9.17) is 11.6 Å². The van der Waals surface area contributed by atoms with Crippen LogP contribution >= 0.6 is 34.2 Å². The Bertz CT molecular complexity index is 444. The summed E-state index contributed by atoms with van der Waals surface area (Å²) in [6.07, 6.45) is -1.25. The molecule has 1 N–H and O–H groups in total. The smallest absolute Gasteiger partial charge is 0.225 e. The molecule has 0 heterocycles. The lowest BCUT2D eigenvalue weighted by molar-refractivity contribution is 0.187. The highest BCUT2D eigenvalue weighted by atomic mass is 127. The van der Waals surface area contributed by atoms with Crippen molar-refractivity contribution in [2.75, 3.05) is 5.75 Å². The van der Waals surface area contributed by atoms with Crippen LogP contribution in [0.15, 0.2) is 30.3 Å². The van der Waals surface area contributed by atoms with E-state index in [2.05, 4.69) is 0 Å². The maximum Gasteiger partial charge on any atom is 0.225 e. The molecule has 0 amide bonds. The molecular weight excluding hydrogens is 363 g/mol. The number of halogens is 2. The number of benzene rings is 1. The summed E-state index contributed by atoms with van der Waals surface area (Å²) in [7, 11) is -3.54. The molecule has 0 aliphatic rings. The van der Waals surface area contributed by atoms with E-state index in [1.165, 1.54) is 6.92 Å². The van der Waals surface area contributed by atoms with E-state index < -0.39 is 18.2 Å². The number of hydrogen-bond acceptors (Lipinski definition) is 3. The van der Waals surface area contributed by atoms with Crippen LogP contribution in [0.3, 0.4) is 0 Å². The molecule has 1 aromatic rings. The van der Waals surface area contributed by atoms with Crippen molar-refractivity contribution in [1.82, 2.24) is 0 Å². The summed E-state index contributed by atoms with van der Waals surface area (Å²) in [6, 6.07) is 8.52. The van der Waals surface area contributed by atoms with Gasteiger partial charge >= 0.3 is 0 Å². The second kappa shape index (κ2) is 5.20. The number of hydrogen-bond donors (Lipinski definition) is 1. The van der Waals surface area contributed by atoms with E-state index in [1.54, 1.807) is 52.9 Å². The maximum atomic E-state index is 11.7. The first kappa shape index (κ1) is 14.2. The highest BCUT2D eigenvalue weighted by molar-refractivity contribution is 14.1. The van der Waals surface area contributed by atoms with Crippen LogP contribution in [0.1, 0.15) is 18.6 Å². The van der Waals surface area contributed by atoms with Gasteiger partial charge in [-0.3, -0.25) is 0 Å². The number of rotatable bonds is 4.